The standard InChI is InChI=1S/C16H21N/c1-12-9-16(10-12,11-17)14-7-5-13(6-8-14)15(2,3)4/h5-8,12H,9-10H2,1-4H3. The maximum Gasteiger partial charge on any atom is 0.0827 e. The van der Waals surface area contributed by atoms with E-state index in [9.17, 15) is 5.26 Å². The van der Waals surface area contributed by atoms with Crippen LogP contribution in [0.15, 0.2) is 24.3 Å². The Morgan fingerprint density at radius 1 is 1.18 bits per heavy atom. The molecule has 1 aliphatic rings. The number of nitriles is 1. The molecule has 1 fully saturated rings. The van der Waals surface area contributed by atoms with E-state index in [4.69, 9.17) is 0 Å². The second kappa shape index (κ2) is 3.88. The third kappa shape index (κ3) is 2.09. The molecule has 0 unspecified atom stereocenters. The molecule has 1 aromatic carbocycles. The molecule has 0 bridgehead atoms. The van der Waals surface area contributed by atoms with Gasteiger partial charge in [0.15, 0.2) is 0 Å². The molecule has 1 saturated carbocycles. The van der Waals surface area contributed by atoms with Gasteiger partial charge >= 0.3 is 0 Å². The van der Waals surface area contributed by atoms with Crippen LogP contribution in [0.25, 0.3) is 0 Å². The molecule has 2 rings (SSSR count). The lowest BCUT2D eigenvalue weighted by Gasteiger charge is -2.41. The van der Waals surface area contributed by atoms with Crippen molar-refractivity contribution < 1.29 is 0 Å². The molecular weight excluding hydrogens is 206 g/mol. The van der Waals surface area contributed by atoms with Gasteiger partial charge in [-0.1, -0.05) is 52.0 Å². The highest BCUT2D eigenvalue weighted by Crippen LogP contribution is 2.47. The van der Waals surface area contributed by atoms with Crippen molar-refractivity contribution in [1.82, 2.24) is 0 Å². The van der Waals surface area contributed by atoms with E-state index in [1.165, 1.54) is 11.1 Å². The van der Waals surface area contributed by atoms with E-state index in [0.717, 1.165) is 12.8 Å². The Hall–Kier alpha value is -1.29. The molecule has 1 aliphatic carbocycles. The third-order valence-electron chi connectivity index (χ3n) is 3.91. The molecule has 1 nitrogen and oxygen atoms in total. The molecule has 0 amide bonds. The zero-order valence-corrected chi connectivity index (χ0v) is 11.2. The maximum absolute atomic E-state index is 9.39. The van der Waals surface area contributed by atoms with Gasteiger partial charge in [-0.25, -0.2) is 0 Å². The average Bonchev–Trinajstić information content (AvgIpc) is 2.23. The molecule has 1 heteroatoms. The summed E-state index contributed by atoms with van der Waals surface area (Å²) in [6.07, 6.45) is 2.02. The summed E-state index contributed by atoms with van der Waals surface area (Å²) in [5.41, 5.74) is 2.52. The van der Waals surface area contributed by atoms with Crippen molar-refractivity contribution in [2.45, 2.75) is 51.4 Å². The highest BCUT2D eigenvalue weighted by atomic mass is 14.5. The van der Waals surface area contributed by atoms with Gasteiger partial charge in [0.05, 0.1) is 11.5 Å². The molecule has 1 aromatic rings. The first-order chi connectivity index (χ1) is 7.87. The normalized spacial score (nSPS) is 28.3. The number of hydrogen-bond donors (Lipinski definition) is 0. The smallest absolute Gasteiger partial charge is 0.0827 e. The number of hydrogen-bond acceptors (Lipinski definition) is 1. The highest BCUT2D eigenvalue weighted by molar-refractivity contribution is 5.38. The number of rotatable bonds is 1. The van der Waals surface area contributed by atoms with Crippen molar-refractivity contribution in [3.8, 4) is 6.07 Å². The Balaban J connectivity index is 2.28. The Morgan fingerprint density at radius 2 is 1.71 bits per heavy atom. The summed E-state index contributed by atoms with van der Waals surface area (Å²) in [6.45, 7) is 8.87. The fraction of sp³-hybridized carbons (Fsp3) is 0.562. The van der Waals surface area contributed by atoms with Crippen LogP contribution in [0.1, 0.15) is 51.7 Å². The van der Waals surface area contributed by atoms with Crippen LogP contribution in [0.3, 0.4) is 0 Å². The van der Waals surface area contributed by atoms with Crippen molar-refractivity contribution >= 4 is 0 Å². The first kappa shape index (κ1) is 12.2. The van der Waals surface area contributed by atoms with E-state index in [0.29, 0.717) is 5.92 Å². The molecule has 0 saturated heterocycles. The van der Waals surface area contributed by atoms with Crippen molar-refractivity contribution in [2.24, 2.45) is 5.92 Å². The fourth-order valence-electron chi connectivity index (χ4n) is 2.81. The average molecular weight is 227 g/mol. The van der Waals surface area contributed by atoms with Gasteiger partial charge < -0.3 is 0 Å². The van der Waals surface area contributed by atoms with E-state index in [-0.39, 0.29) is 10.8 Å². The van der Waals surface area contributed by atoms with E-state index in [1.54, 1.807) is 0 Å². The first-order valence-electron chi connectivity index (χ1n) is 6.40. The minimum absolute atomic E-state index is 0.186. The Bertz CT molecular complexity index is 436. The van der Waals surface area contributed by atoms with Crippen LogP contribution >= 0.6 is 0 Å². The van der Waals surface area contributed by atoms with Gasteiger partial charge in [0.25, 0.3) is 0 Å². The SMILES string of the molecule is CC1CC(C#N)(c2ccc(C(C)(C)C)cc2)C1. The van der Waals surface area contributed by atoms with Crippen LogP contribution in [-0.2, 0) is 10.8 Å². The van der Waals surface area contributed by atoms with Crippen LogP contribution in [0, 0.1) is 17.2 Å². The topological polar surface area (TPSA) is 23.8 Å². The van der Waals surface area contributed by atoms with Crippen LogP contribution in [0.4, 0.5) is 0 Å². The van der Waals surface area contributed by atoms with Crippen molar-refractivity contribution in [3.05, 3.63) is 35.4 Å². The van der Waals surface area contributed by atoms with E-state index in [1.807, 2.05) is 0 Å². The highest BCUT2D eigenvalue weighted by Gasteiger charge is 2.43. The Morgan fingerprint density at radius 3 is 2.06 bits per heavy atom. The fourth-order valence-corrected chi connectivity index (χ4v) is 2.81. The van der Waals surface area contributed by atoms with Crippen LogP contribution in [-0.4, -0.2) is 0 Å². The minimum atomic E-state index is -0.199. The van der Waals surface area contributed by atoms with Crippen LogP contribution < -0.4 is 0 Å². The molecule has 0 heterocycles. The predicted octanol–water partition coefficient (Wildman–Crippen LogP) is 4.18. The van der Waals surface area contributed by atoms with Crippen LogP contribution in [0.5, 0.6) is 0 Å². The van der Waals surface area contributed by atoms with Gasteiger partial charge in [-0.05, 0) is 35.3 Å². The quantitative estimate of drug-likeness (QED) is 0.706. The van der Waals surface area contributed by atoms with E-state index < -0.39 is 0 Å². The molecular formula is C16H21N. The van der Waals surface area contributed by atoms with Gasteiger partial charge in [0, 0.05) is 0 Å². The Labute approximate surface area is 104 Å². The van der Waals surface area contributed by atoms with E-state index in [2.05, 4.69) is 58.0 Å². The summed E-state index contributed by atoms with van der Waals surface area (Å²) in [7, 11) is 0. The summed E-state index contributed by atoms with van der Waals surface area (Å²) in [5, 5.41) is 9.39. The van der Waals surface area contributed by atoms with Gasteiger partial charge in [-0.2, -0.15) is 5.26 Å². The lowest BCUT2D eigenvalue weighted by atomic mass is 9.60. The van der Waals surface area contributed by atoms with Gasteiger partial charge in [0.1, 0.15) is 0 Å². The minimum Gasteiger partial charge on any atom is -0.197 e. The predicted molar refractivity (Wildman–Crippen MR) is 70.8 cm³/mol. The molecule has 17 heavy (non-hydrogen) atoms. The van der Waals surface area contributed by atoms with Gasteiger partial charge in [-0.3, -0.25) is 0 Å². The van der Waals surface area contributed by atoms with Gasteiger partial charge in [0.2, 0.25) is 0 Å². The van der Waals surface area contributed by atoms with E-state index >= 15 is 0 Å². The largest absolute Gasteiger partial charge is 0.197 e. The summed E-state index contributed by atoms with van der Waals surface area (Å²) in [6, 6.07) is 11.2. The monoisotopic (exact) mass is 227 g/mol. The number of benzene rings is 1. The van der Waals surface area contributed by atoms with Crippen molar-refractivity contribution in [1.29, 1.82) is 5.26 Å². The summed E-state index contributed by atoms with van der Waals surface area (Å²) < 4.78 is 0. The Kier molecular flexibility index (Phi) is 2.78. The molecule has 0 aliphatic heterocycles. The summed E-state index contributed by atoms with van der Waals surface area (Å²) in [4.78, 5) is 0. The summed E-state index contributed by atoms with van der Waals surface area (Å²) >= 11 is 0. The molecule has 0 aromatic heterocycles. The third-order valence-corrected chi connectivity index (χ3v) is 3.91. The zero-order chi connectivity index (χ0) is 12.7. The molecule has 90 valence electrons. The van der Waals surface area contributed by atoms with Gasteiger partial charge in [-0.15, -0.1) is 0 Å². The van der Waals surface area contributed by atoms with Crippen LogP contribution in [0.2, 0.25) is 0 Å². The second-order valence-electron chi connectivity index (χ2n) is 6.53. The molecule has 0 radical (unpaired) electrons. The summed E-state index contributed by atoms with van der Waals surface area (Å²) in [5.74, 6) is 0.692. The lowest BCUT2D eigenvalue weighted by Crippen LogP contribution is -2.38. The number of nitrogens with zero attached hydrogens (tertiary/aromatic N) is 1. The maximum atomic E-state index is 9.39. The molecule has 0 spiro atoms. The lowest BCUT2D eigenvalue weighted by molar-refractivity contribution is 0.217. The first-order valence-corrected chi connectivity index (χ1v) is 6.40. The molecule has 0 atom stereocenters. The van der Waals surface area contributed by atoms with Crippen molar-refractivity contribution in [2.75, 3.05) is 0 Å². The molecule has 0 N–H and O–H groups in total. The second-order valence-corrected chi connectivity index (χ2v) is 6.53. The van der Waals surface area contributed by atoms with Crippen molar-refractivity contribution in [3.63, 3.8) is 0 Å². The zero-order valence-electron chi connectivity index (χ0n) is 11.2.